The standard InChI is InChI=1S/C19H16F4N2O2/c1-10(26)24-13-6-7-17(16(8-13)19(21,22)23)25-18(27)15-9-14(15)11-2-4-12(20)5-3-11/h2-8,14-15H,9H2,1H3,(H,24,26)(H,25,27). The Hall–Kier alpha value is -2.90. The van der Waals surface area contributed by atoms with Crippen LogP contribution < -0.4 is 10.6 Å². The summed E-state index contributed by atoms with van der Waals surface area (Å²) >= 11 is 0. The Morgan fingerprint density at radius 2 is 1.70 bits per heavy atom. The molecule has 2 unspecified atom stereocenters. The van der Waals surface area contributed by atoms with E-state index in [0.29, 0.717) is 6.42 Å². The van der Waals surface area contributed by atoms with E-state index in [4.69, 9.17) is 0 Å². The van der Waals surface area contributed by atoms with Gasteiger partial charge in [-0.05, 0) is 48.2 Å². The average molecular weight is 380 g/mol. The zero-order valence-corrected chi connectivity index (χ0v) is 14.2. The van der Waals surface area contributed by atoms with Crippen LogP contribution >= 0.6 is 0 Å². The third-order valence-corrected chi connectivity index (χ3v) is 4.33. The molecule has 2 aromatic rings. The molecule has 0 spiro atoms. The lowest BCUT2D eigenvalue weighted by Gasteiger charge is -2.15. The van der Waals surface area contributed by atoms with Crippen molar-refractivity contribution in [1.29, 1.82) is 0 Å². The van der Waals surface area contributed by atoms with Crippen LogP contribution in [-0.2, 0) is 15.8 Å². The summed E-state index contributed by atoms with van der Waals surface area (Å²) < 4.78 is 52.9. The highest BCUT2D eigenvalue weighted by molar-refractivity contribution is 5.96. The smallest absolute Gasteiger partial charge is 0.326 e. The number of amides is 2. The number of anilines is 2. The van der Waals surface area contributed by atoms with Crippen molar-refractivity contribution < 1.29 is 27.2 Å². The second-order valence-electron chi connectivity index (χ2n) is 6.43. The molecule has 0 aliphatic heterocycles. The Balaban J connectivity index is 1.76. The molecule has 4 nitrogen and oxygen atoms in total. The molecule has 0 aromatic heterocycles. The van der Waals surface area contributed by atoms with Crippen LogP contribution in [0.15, 0.2) is 42.5 Å². The molecular weight excluding hydrogens is 364 g/mol. The highest BCUT2D eigenvalue weighted by Crippen LogP contribution is 2.48. The van der Waals surface area contributed by atoms with Gasteiger partial charge >= 0.3 is 6.18 Å². The second kappa shape index (κ2) is 7.02. The van der Waals surface area contributed by atoms with Gasteiger partial charge in [-0.15, -0.1) is 0 Å². The largest absolute Gasteiger partial charge is 0.418 e. The fourth-order valence-corrected chi connectivity index (χ4v) is 2.96. The molecule has 1 aliphatic rings. The first kappa shape index (κ1) is 18.9. The number of halogens is 4. The highest BCUT2D eigenvalue weighted by Gasteiger charge is 2.44. The van der Waals surface area contributed by atoms with Crippen LogP contribution in [-0.4, -0.2) is 11.8 Å². The van der Waals surface area contributed by atoms with Crippen LogP contribution in [0.2, 0.25) is 0 Å². The average Bonchev–Trinajstić information content (AvgIpc) is 3.36. The Morgan fingerprint density at radius 3 is 2.30 bits per heavy atom. The van der Waals surface area contributed by atoms with E-state index in [-0.39, 0.29) is 17.3 Å². The number of nitrogens with one attached hydrogen (secondary N) is 2. The van der Waals surface area contributed by atoms with Gasteiger partial charge in [0.2, 0.25) is 11.8 Å². The third kappa shape index (κ3) is 4.45. The highest BCUT2D eigenvalue weighted by atomic mass is 19.4. The molecule has 1 fully saturated rings. The number of hydrogen-bond donors (Lipinski definition) is 2. The summed E-state index contributed by atoms with van der Waals surface area (Å²) in [4.78, 5) is 23.4. The van der Waals surface area contributed by atoms with E-state index in [1.54, 1.807) is 12.1 Å². The van der Waals surface area contributed by atoms with Crippen molar-refractivity contribution in [3.8, 4) is 0 Å². The van der Waals surface area contributed by atoms with Gasteiger partial charge in [-0.3, -0.25) is 9.59 Å². The summed E-state index contributed by atoms with van der Waals surface area (Å²) in [5, 5.41) is 4.61. The Morgan fingerprint density at radius 1 is 1.04 bits per heavy atom. The van der Waals surface area contributed by atoms with E-state index in [0.717, 1.165) is 17.7 Å². The molecule has 2 atom stereocenters. The second-order valence-corrected chi connectivity index (χ2v) is 6.43. The zero-order valence-electron chi connectivity index (χ0n) is 14.2. The first-order chi connectivity index (χ1) is 12.6. The summed E-state index contributed by atoms with van der Waals surface area (Å²) in [5.41, 5.74) is -0.649. The van der Waals surface area contributed by atoms with Crippen LogP contribution in [0, 0.1) is 11.7 Å². The molecule has 2 aromatic carbocycles. The molecule has 142 valence electrons. The lowest BCUT2D eigenvalue weighted by molar-refractivity contribution is -0.137. The minimum Gasteiger partial charge on any atom is -0.326 e. The first-order valence-corrected chi connectivity index (χ1v) is 8.20. The summed E-state index contributed by atoms with van der Waals surface area (Å²) in [6.07, 6.45) is -4.21. The van der Waals surface area contributed by atoms with Gasteiger partial charge in [-0.25, -0.2) is 4.39 Å². The molecule has 2 N–H and O–H groups in total. The van der Waals surface area contributed by atoms with Crippen molar-refractivity contribution in [2.45, 2.75) is 25.4 Å². The van der Waals surface area contributed by atoms with E-state index in [2.05, 4.69) is 10.6 Å². The van der Waals surface area contributed by atoms with Gasteiger partial charge in [0.05, 0.1) is 11.3 Å². The predicted octanol–water partition coefficient (Wildman–Crippen LogP) is 4.55. The lowest BCUT2D eigenvalue weighted by Crippen LogP contribution is -2.19. The molecule has 0 heterocycles. The summed E-state index contributed by atoms with van der Waals surface area (Å²) in [7, 11) is 0. The maximum Gasteiger partial charge on any atom is 0.418 e. The van der Waals surface area contributed by atoms with Gasteiger partial charge in [-0.1, -0.05) is 12.1 Å². The summed E-state index contributed by atoms with van der Waals surface area (Å²) in [5.74, 6) is -2.03. The van der Waals surface area contributed by atoms with E-state index >= 15 is 0 Å². The Kier molecular flexibility index (Phi) is 4.91. The molecule has 1 aliphatic carbocycles. The van der Waals surface area contributed by atoms with Gasteiger partial charge in [0.15, 0.2) is 0 Å². The molecule has 8 heteroatoms. The van der Waals surface area contributed by atoms with Gasteiger partial charge in [0, 0.05) is 18.5 Å². The normalized spacial score (nSPS) is 18.7. The molecule has 0 bridgehead atoms. The quantitative estimate of drug-likeness (QED) is 0.765. The van der Waals surface area contributed by atoms with Crippen LogP contribution in [0.1, 0.15) is 30.4 Å². The minimum absolute atomic E-state index is 0.0107. The summed E-state index contributed by atoms with van der Waals surface area (Å²) in [6.45, 7) is 1.19. The molecule has 3 rings (SSSR count). The maximum absolute atomic E-state index is 13.3. The Labute approximate surface area is 152 Å². The number of hydrogen-bond acceptors (Lipinski definition) is 2. The number of rotatable bonds is 4. The van der Waals surface area contributed by atoms with Crippen LogP contribution in [0.25, 0.3) is 0 Å². The first-order valence-electron chi connectivity index (χ1n) is 8.20. The van der Waals surface area contributed by atoms with Crippen molar-refractivity contribution in [2.75, 3.05) is 10.6 Å². The predicted molar refractivity (Wildman–Crippen MR) is 91.6 cm³/mol. The SMILES string of the molecule is CC(=O)Nc1ccc(NC(=O)C2CC2c2ccc(F)cc2)c(C(F)(F)F)c1. The van der Waals surface area contributed by atoms with Crippen molar-refractivity contribution in [1.82, 2.24) is 0 Å². The number of carbonyl (C=O) groups excluding carboxylic acids is 2. The molecule has 27 heavy (non-hydrogen) atoms. The molecule has 0 saturated heterocycles. The third-order valence-electron chi connectivity index (χ3n) is 4.33. The summed E-state index contributed by atoms with van der Waals surface area (Å²) in [6, 6.07) is 8.88. The monoisotopic (exact) mass is 380 g/mol. The van der Waals surface area contributed by atoms with Crippen LogP contribution in [0.4, 0.5) is 28.9 Å². The van der Waals surface area contributed by atoms with Crippen LogP contribution in [0.5, 0.6) is 0 Å². The van der Waals surface area contributed by atoms with Crippen molar-refractivity contribution in [3.63, 3.8) is 0 Å². The van der Waals surface area contributed by atoms with E-state index < -0.39 is 35.3 Å². The Bertz CT molecular complexity index is 878. The lowest BCUT2D eigenvalue weighted by atomic mass is 10.1. The van der Waals surface area contributed by atoms with E-state index in [1.165, 1.54) is 25.1 Å². The molecule has 2 amide bonds. The fraction of sp³-hybridized carbons (Fsp3) is 0.263. The minimum atomic E-state index is -4.70. The fourth-order valence-electron chi connectivity index (χ4n) is 2.96. The maximum atomic E-state index is 13.3. The van der Waals surface area contributed by atoms with Gasteiger partial charge in [0.1, 0.15) is 5.82 Å². The van der Waals surface area contributed by atoms with Crippen molar-refractivity contribution in [3.05, 3.63) is 59.4 Å². The molecular formula is C19H16F4N2O2. The van der Waals surface area contributed by atoms with Gasteiger partial charge < -0.3 is 10.6 Å². The molecule has 0 radical (unpaired) electrons. The van der Waals surface area contributed by atoms with E-state index in [9.17, 15) is 27.2 Å². The van der Waals surface area contributed by atoms with Crippen molar-refractivity contribution in [2.24, 2.45) is 5.92 Å². The van der Waals surface area contributed by atoms with Gasteiger partial charge in [0.25, 0.3) is 0 Å². The topological polar surface area (TPSA) is 58.2 Å². The number of alkyl halides is 3. The number of carbonyl (C=O) groups is 2. The molecule has 1 saturated carbocycles. The number of benzene rings is 2. The van der Waals surface area contributed by atoms with E-state index in [1.807, 2.05) is 0 Å². The van der Waals surface area contributed by atoms with Gasteiger partial charge in [-0.2, -0.15) is 13.2 Å². The van der Waals surface area contributed by atoms with Crippen molar-refractivity contribution >= 4 is 23.2 Å². The zero-order chi connectivity index (χ0) is 19.8. The van der Waals surface area contributed by atoms with Crippen LogP contribution in [0.3, 0.4) is 0 Å².